The van der Waals surface area contributed by atoms with Crippen LogP contribution >= 0.6 is 34.8 Å². The Morgan fingerprint density at radius 3 is 2.72 bits per heavy atom. The second-order valence-electron chi connectivity index (χ2n) is 5.41. The molecule has 1 fully saturated rings. The summed E-state index contributed by atoms with van der Waals surface area (Å²) in [5, 5.41) is 14.6. The standard InChI is InChI=1S/C12H11Cl3F3N5O2/c13-11(14,15)6-1-3-19-8(20-6)22-9-21-7-5(2-4-25-7)10(24,23-9)12(16,17)18/h1,3,5,7,24H,2,4H2,(H2,19,20,21,22,23). The first-order valence-electron chi connectivity index (χ1n) is 6.94. The summed E-state index contributed by atoms with van der Waals surface area (Å²) in [7, 11) is 0. The molecule has 1 aromatic heterocycles. The molecule has 0 amide bonds. The molecule has 25 heavy (non-hydrogen) atoms. The molecule has 3 unspecified atom stereocenters. The second kappa shape index (κ2) is 6.27. The molecule has 0 aliphatic carbocycles. The second-order valence-corrected chi connectivity index (χ2v) is 7.69. The smallest absolute Gasteiger partial charge is 0.363 e. The lowest BCUT2D eigenvalue weighted by Crippen LogP contribution is -2.68. The summed E-state index contributed by atoms with van der Waals surface area (Å²) in [6.45, 7) is 0.0471. The van der Waals surface area contributed by atoms with Crippen LogP contribution in [-0.2, 0) is 8.53 Å². The number of anilines is 1. The average Bonchev–Trinajstić information content (AvgIpc) is 2.94. The van der Waals surface area contributed by atoms with E-state index in [0.29, 0.717) is 0 Å². The van der Waals surface area contributed by atoms with E-state index < -0.39 is 33.8 Å². The number of hydrogen-bond donors (Lipinski definition) is 3. The van der Waals surface area contributed by atoms with Crippen LogP contribution in [0.1, 0.15) is 12.1 Å². The molecular weight excluding hydrogens is 410 g/mol. The third kappa shape index (κ3) is 3.59. The van der Waals surface area contributed by atoms with E-state index >= 15 is 0 Å². The van der Waals surface area contributed by atoms with E-state index in [0.717, 1.165) is 0 Å². The van der Waals surface area contributed by atoms with Crippen molar-refractivity contribution < 1.29 is 23.0 Å². The Hall–Kier alpha value is -1.07. The Balaban J connectivity index is 1.88. The average molecular weight is 421 g/mol. The minimum Gasteiger partial charge on any atom is -0.363 e. The van der Waals surface area contributed by atoms with Gasteiger partial charge in [-0.05, 0) is 12.5 Å². The summed E-state index contributed by atoms with van der Waals surface area (Å²) in [5.41, 5.74) is -3.20. The van der Waals surface area contributed by atoms with Gasteiger partial charge < -0.3 is 15.2 Å². The van der Waals surface area contributed by atoms with Crippen LogP contribution < -0.4 is 10.6 Å². The molecule has 0 spiro atoms. The largest absolute Gasteiger partial charge is 0.436 e. The Bertz CT molecular complexity index is 699. The lowest BCUT2D eigenvalue weighted by Gasteiger charge is -2.41. The molecule has 0 radical (unpaired) electrons. The van der Waals surface area contributed by atoms with Crippen molar-refractivity contribution in [3.63, 3.8) is 0 Å². The number of fused-ring (bicyclic) bond motifs is 1. The Labute approximate surface area is 154 Å². The van der Waals surface area contributed by atoms with Gasteiger partial charge in [-0.15, -0.1) is 0 Å². The van der Waals surface area contributed by atoms with E-state index in [1.165, 1.54) is 12.3 Å². The van der Waals surface area contributed by atoms with Gasteiger partial charge in [0.1, 0.15) is 0 Å². The fourth-order valence-electron chi connectivity index (χ4n) is 2.58. The van der Waals surface area contributed by atoms with Gasteiger partial charge in [0.2, 0.25) is 21.4 Å². The highest BCUT2D eigenvalue weighted by Gasteiger charge is 2.64. The van der Waals surface area contributed by atoms with Gasteiger partial charge in [0.15, 0.2) is 6.23 Å². The van der Waals surface area contributed by atoms with E-state index in [-0.39, 0.29) is 24.7 Å². The van der Waals surface area contributed by atoms with Crippen molar-refractivity contribution in [3.8, 4) is 0 Å². The molecule has 1 aromatic rings. The molecule has 13 heteroatoms. The molecule has 0 bridgehead atoms. The number of rotatable bonds is 1. The molecule has 3 rings (SSSR count). The lowest BCUT2D eigenvalue weighted by molar-refractivity contribution is -0.292. The van der Waals surface area contributed by atoms with E-state index in [1.54, 1.807) is 0 Å². The number of nitrogens with one attached hydrogen (secondary N) is 2. The number of aliphatic hydroxyl groups is 1. The maximum absolute atomic E-state index is 13.4. The number of aromatic nitrogens is 2. The van der Waals surface area contributed by atoms with Crippen molar-refractivity contribution in [2.24, 2.45) is 10.9 Å². The summed E-state index contributed by atoms with van der Waals surface area (Å²) in [6.07, 6.45) is -4.86. The van der Waals surface area contributed by atoms with Crippen LogP contribution in [0.2, 0.25) is 0 Å². The molecule has 0 aromatic carbocycles. The quantitative estimate of drug-likeness (QED) is 0.604. The minimum absolute atomic E-state index is 0.00368. The number of hydrogen-bond acceptors (Lipinski definition) is 7. The first kappa shape index (κ1) is 18.7. The number of alkyl halides is 6. The van der Waals surface area contributed by atoms with Gasteiger partial charge in [0.25, 0.3) is 0 Å². The zero-order chi connectivity index (χ0) is 18.5. The lowest BCUT2D eigenvalue weighted by atomic mass is 9.90. The van der Waals surface area contributed by atoms with Gasteiger partial charge in [-0.25, -0.2) is 15.0 Å². The number of nitrogens with zero attached hydrogens (tertiary/aromatic N) is 3. The predicted molar refractivity (Wildman–Crippen MR) is 84.3 cm³/mol. The van der Waals surface area contributed by atoms with Gasteiger partial charge in [-0.3, -0.25) is 5.32 Å². The van der Waals surface area contributed by atoms with Crippen LogP contribution in [0.4, 0.5) is 19.1 Å². The molecule has 3 atom stereocenters. The van der Waals surface area contributed by atoms with Crippen LogP contribution in [-0.4, -0.2) is 45.8 Å². The Morgan fingerprint density at radius 1 is 1.36 bits per heavy atom. The summed E-state index contributed by atoms with van der Waals surface area (Å²) < 4.78 is 43.4. The minimum atomic E-state index is -4.95. The normalized spacial score (nSPS) is 29.6. The first-order chi connectivity index (χ1) is 11.5. The van der Waals surface area contributed by atoms with Gasteiger partial charge in [-0.1, -0.05) is 34.8 Å². The predicted octanol–water partition coefficient (Wildman–Crippen LogP) is 2.29. The highest BCUT2D eigenvalue weighted by Crippen LogP contribution is 2.43. The van der Waals surface area contributed by atoms with Crippen LogP contribution in [0, 0.1) is 5.92 Å². The fraction of sp³-hybridized carbons (Fsp3) is 0.583. The fourth-order valence-corrected chi connectivity index (χ4v) is 2.89. The van der Waals surface area contributed by atoms with E-state index in [1.807, 2.05) is 5.32 Å². The summed E-state index contributed by atoms with van der Waals surface area (Å²) in [6, 6.07) is 1.33. The van der Waals surface area contributed by atoms with Gasteiger partial charge in [0.05, 0.1) is 11.6 Å². The highest BCUT2D eigenvalue weighted by molar-refractivity contribution is 6.66. The van der Waals surface area contributed by atoms with Crippen LogP contribution in [0.15, 0.2) is 17.3 Å². The number of ether oxygens (including phenoxy) is 1. The first-order valence-corrected chi connectivity index (χ1v) is 8.08. The maximum Gasteiger partial charge on any atom is 0.436 e. The Morgan fingerprint density at radius 2 is 2.08 bits per heavy atom. The van der Waals surface area contributed by atoms with E-state index in [9.17, 15) is 18.3 Å². The monoisotopic (exact) mass is 419 g/mol. The maximum atomic E-state index is 13.4. The van der Waals surface area contributed by atoms with Crippen molar-refractivity contribution in [2.75, 3.05) is 11.9 Å². The van der Waals surface area contributed by atoms with Crippen molar-refractivity contribution in [3.05, 3.63) is 18.0 Å². The molecule has 1 saturated heterocycles. The molecular formula is C12H11Cl3F3N5O2. The van der Waals surface area contributed by atoms with Crippen molar-refractivity contribution in [1.82, 2.24) is 15.3 Å². The van der Waals surface area contributed by atoms with Crippen molar-refractivity contribution >= 4 is 46.7 Å². The van der Waals surface area contributed by atoms with Gasteiger partial charge >= 0.3 is 6.18 Å². The third-order valence-corrected chi connectivity index (χ3v) is 4.35. The van der Waals surface area contributed by atoms with Crippen LogP contribution in [0.3, 0.4) is 0 Å². The van der Waals surface area contributed by atoms with Gasteiger partial charge in [-0.2, -0.15) is 13.2 Å². The molecule has 0 saturated carbocycles. The molecule has 3 heterocycles. The third-order valence-electron chi connectivity index (χ3n) is 3.77. The molecule has 7 nitrogen and oxygen atoms in total. The van der Waals surface area contributed by atoms with Crippen LogP contribution in [0.25, 0.3) is 0 Å². The van der Waals surface area contributed by atoms with Crippen molar-refractivity contribution in [2.45, 2.75) is 28.3 Å². The van der Waals surface area contributed by atoms with Gasteiger partial charge in [0, 0.05) is 12.8 Å². The van der Waals surface area contributed by atoms with Crippen molar-refractivity contribution in [1.29, 1.82) is 0 Å². The molecule has 138 valence electrons. The SMILES string of the molecule is OC1(C(F)(F)F)NC(Nc2nccc(C(Cl)(Cl)Cl)n2)=NC2OCCC21. The van der Waals surface area contributed by atoms with Crippen LogP contribution in [0.5, 0.6) is 0 Å². The zero-order valence-electron chi connectivity index (χ0n) is 12.2. The Kier molecular flexibility index (Phi) is 4.70. The number of guanidine groups is 1. The van der Waals surface area contributed by atoms with E-state index in [4.69, 9.17) is 39.5 Å². The number of aliphatic imine (C=N–C) groups is 1. The summed E-state index contributed by atoms with van der Waals surface area (Å²) >= 11 is 17.1. The summed E-state index contributed by atoms with van der Waals surface area (Å²) in [4.78, 5) is 11.7. The summed E-state index contributed by atoms with van der Waals surface area (Å²) in [5.74, 6) is -1.85. The molecule has 2 aliphatic heterocycles. The molecule has 2 aliphatic rings. The highest BCUT2D eigenvalue weighted by atomic mass is 35.6. The number of halogens is 6. The zero-order valence-corrected chi connectivity index (χ0v) is 14.5. The topological polar surface area (TPSA) is 91.7 Å². The molecule has 3 N–H and O–H groups in total. The van der Waals surface area contributed by atoms with E-state index in [2.05, 4.69) is 20.3 Å².